The molecule has 2 rings (SSSR count). The minimum atomic E-state index is -0.391. The number of hydrogen-bond donors (Lipinski definition) is 1. The van der Waals surface area contributed by atoms with Crippen LogP contribution in [0.15, 0.2) is 18.2 Å². The summed E-state index contributed by atoms with van der Waals surface area (Å²) in [6.45, 7) is 5.86. The maximum Gasteiger partial charge on any atom is 0.128 e. The summed E-state index contributed by atoms with van der Waals surface area (Å²) in [5, 5.41) is 3.26. The van der Waals surface area contributed by atoms with Gasteiger partial charge in [-0.1, -0.05) is 0 Å². The highest BCUT2D eigenvalue weighted by Gasteiger charge is 2.13. The Bertz CT molecular complexity index is 408. The zero-order valence-corrected chi connectivity index (χ0v) is 12.0. The molecule has 1 unspecified atom stereocenters. The zero-order chi connectivity index (χ0) is 13.7. The molecule has 0 saturated carbocycles. The fourth-order valence-corrected chi connectivity index (χ4v) is 3.20. The molecule has 0 amide bonds. The minimum absolute atomic E-state index is 0.171. The third-order valence-corrected chi connectivity index (χ3v) is 4.35. The van der Waals surface area contributed by atoms with E-state index in [1.54, 1.807) is 0 Å². The van der Waals surface area contributed by atoms with Crippen molar-refractivity contribution in [3.8, 4) is 0 Å². The smallest absolute Gasteiger partial charge is 0.128 e. The van der Waals surface area contributed by atoms with Crippen molar-refractivity contribution in [1.29, 1.82) is 0 Å². The lowest BCUT2D eigenvalue weighted by Crippen LogP contribution is -2.38. The molecule has 0 aliphatic carbocycles. The van der Waals surface area contributed by atoms with Crippen LogP contribution in [0.2, 0.25) is 0 Å². The van der Waals surface area contributed by atoms with Crippen LogP contribution in [0.3, 0.4) is 0 Å². The summed E-state index contributed by atoms with van der Waals surface area (Å²) in [5.74, 6) is 1.64. The van der Waals surface area contributed by atoms with Crippen molar-refractivity contribution >= 4 is 11.8 Å². The van der Waals surface area contributed by atoms with Gasteiger partial charge in [0.2, 0.25) is 0 Å². The molecule has 1 saturated heterocycles. The van der Waals surface area contributed by atoms with Gasteiger partial charge in [-0.15, -0.1) is 0 Å². The van der Waals surface area contributed by atoms with E-state index in [-0.39, 0.29) is 11.9 Å². The first-order valence-electron chi connectivity index (χ1n) is 6.65. The number of nitrogens with zero attached hydrogens (tertiary/aromatic N) is 1. The van der Waals surface area contributed by atoms with Gasteiger partial charge in [0.1, 0.15) is 11.6 Å². The van der Waals surface area contributed by atoms with Crippen molar-refractivity contribution in [1.82, 2.24) is 10.2 Å². The fraction of sp³-hybridized carbons (Fsp3) is 0.571. The van der Waals surface area contributed by atoms with Gasteiger partial charge >= 0.3 is 0 Å². The Morgan fingerprint density at radius 2 is 2.05 bits per heavy atom. The average Bonchev–Trinajstić information content (AvgIpc) is 2.42. The van der Waals surface area contributed by atoms with E-state index in [0.29, 0.717) is 5.56 Å². The summed E-state index contributed by atoms with van der Waals surface area (Å²) in [4.78, 5) is 2.40. The summed E-state index contributed by atoms with van der Waals surface area (Å²) in [6.07, 6.45) is 0. The highest BCUT2D eigenvalue weighted by molar-refractivity contribution is 7.99. The van der Waals surface area contributed by atoms with Crippen molar-refractivity contribution in [2.75, 3.05) is 37.7 Å². The maximum absolute atomic E-state index is 13.6. The number of benzene rings is 1. The number of nitrogens with one attached hydrogen (secondary N) is 1. The van der Waals surface area contributed by atoms with E-state index in [4.69, 9.17) is 0 Å². The SMILES string of the molecule is CC(NCCN1CCSCC1)c1cc(F)ccc1F. The van der Waals surface area contributed by atoms with E-state index in [9.17, 15) is 8.78 Å². The lowest BCUT2D eigenvalue weighted by molar-refractivity contribution is 0.296. The summed E-state index contributed by atoms with van der Waals surface area (Å²) in [7, 11) is 0. The molecule has 0 aromatic heterocycles. The molecule has 0 radical (unpaired) electrons. The zero-order valence-electron chi connectivity index (χ0n) is 11.2. The topological polar surface area (TPSA) is 15.3 Å². The van der Waals surface area contributed by atoms with Crippen LogP contribution in [-0.4, -0.2) is 42.6 Å². The number of rotatable bonds is 5. The van der Waals surface area contributed by atoms with Crippen molar-refractivity contribution in [3.63, 3.8) is 0 Å². The molecular formula is C14H20F2N2S. The van der Waals surface area contributed by atoms with Gasteiger partial charge in [0.05, 0.1) is 0 Å². The van der Waals surface area contributed by atoms with E-state index >= 15 is 0 Å². The molecule has 1 N–H and O–H groups in total. The summed E-state index contributed by atoms with van der Waals surface area (Å²) < 4.78 is 26.7. The predicted octanol–water partition coefficient (Wildman–Crippen LogP) is 2.66. The standard InChI is InChI=1S/C14H20F2N2S/c1-11(13-10-12(15)2-3-14(13)16)17-4-5-18-6-8-19-9-7-18/h2-3,10-11,17H,4-9H2,1H3. The van der Waals surface area contributed by atoms with Crippen LogP contribution in [-0.2, 0) is 0 Å². The molecule has 1 aromatic rings. The molecule has 0 bridgehead atoms. The normalized spacial score (nSPS) is 18.5. The van der Waals surface area contributed by atoms with Gasteiger partial charge in [0, 0.05) is 49.3 Å². The lowest BCUT2D eigenvalue weighted by atomic mass is 10.1. The molecule has 1 aromatic carbocycles. The monoisotopic (exact) mass is 286 g/mol. The van der Waals surface area contributed by atoms with E-state index in [1.807, 2.05) is 18.7 Å². The van der Waals surface area contributed by atoms with Crippen LogP contribution in [0.4, 0.5) is 8.78 Å². The van der Waals surface area contributed by atoms with Gasteiger partial charge in [-0.05, 0) is 25.1 Å². The Hall–Kier alpha value is -0.650. The summed E-state index contributed by atoms with van der Waals surface area (Å²) in [5.41, 5.74) is 0.397. The van der Waals surface area contributed by atoms with E-state index in [2.05, 4.69) is 10.2 Å². The highest BCUT2D eigenvalue weighted by atomic mass is 32.2. The van der Waals surface area contributed by atoms with Crippen LogP contribution in [0, 0.1) is 11.6 Å². The second-order valence-electron chi connectivity index (χ2n) is 4.80. The lowest BCUT2D eigenvalue weighted by Gasteiger charge is -2.27. The van der Waals surface area contributed by atoms with Crippen LogP contribution in [0.25, 0.3) is 0 Å². The Morgan fingerprint density at radius 3 is 2.79 bits per heavy atom. The Balaban J connectivity index is 1.80. The molecule has 1 aliphatic heterocycles. The minimum Gasteiger partial charge on any atom is -0.309 e. The molecule has 19 heavy (non-hydrogen) atoms. The van der Waals surface area contributed by atoms with Crippen molar-refractivity contribution in [3.05, 3.63) is 35.4 Å². The van der Waals surface area contributed by atoms with Gasteiger partial charge < -0.3 is 10.2 Å². The molecule has 1 heterocycles. The number of hydrogen-bond acceptors (Lipinski definition) is 3. The molecular weight excluding hydrogens is 266 g/mol. The second-order valence-corrected chi connectivity index (χ2v) is 6.02. The quantitative estimate of drug-likeness (QED) is 0.896. The summed E-state index contributed by atoms with van der Waals surface area (Å²) >= 11 is 1.99. The van der Waals surface area contributed by atoms with Crippen LogP contribution in [0.1, 0.15) is 18.5 Å². The van der Waals surface area contributed by atoms with E-state index in [0.717, 1.165) is 32.2 Å². The van der Waals surface area contributed by atoms with Crippen LogP contribution < -0.4 is 5.32 Å². The number of thioether (sulfide) groups is 1. The first-order valence-corrected chi connectivity index (χ1v) is 7.80. The Kier molecular flexibility index (Phi) is 5.60. The first kappa shape index (κ1) is 14.8. The predicted molar refractivity (Wildman–Crippen MR) is 76.5 cm³/mol. The van der Waals surface area contributed by atoms with Crippen LogP contribution >= 0.6 is 11.8 Å². The van der Waals surface area contributed by atoms with Gasteiger partial charge in [0.25, 0.3) is 0 Å². The molecule has 1 atom stereocenters. The van der Waals surface area contributed by atoms with Gasteiger partial charge in [-0.3, -0.25) is 0 Å². The fourth-order valence-electron chi connectivity index (χ4n) is 2.22. The largest absolute Gasteiger partial charge is 0.309 e. The Morgan fingerprint density at radius 1 is 1.32 bits per heavy atom. The van der Waals surface area contributed by atoms with Gasteiger partial charge in [-0.2, -0.15) is 11.8 Å². The molecule has 1 fully saturated rings. The Labute approximate surface area is 117 Å². The van der Waals surface area contributed by atoms with Crippen LogP contribution in [0.5, 0.6) is 0 Å². The van der Waals surface area contributed by atoms with Gasteiger partial charge in [0.15, 0.2) is 0 Å². The first-order chi connectivity index (χ1) is 9.16. The van der Waals surface area contributed by atoms with Crippen molar-refractivity contribution < 1.29 is 8.78 Å². The van der Waals surface area contributed by atoms with Crippen molar-refractivity contribution in [2.45, 2.75) is 13.0 Å². The molecule has 5 heteroatoms. The highest BCUT2D eigenvalue weighted by Crippen LogP contribution is 2.17. The number of halogens is 2. The maximum atomic E-state index is 13.6. The molecule has 106 valence electrons. The van der Waals surface area contributed by atoms with Gasteiger partial charge in [-0.25, -0.2) is 8.78 Å². The molecule has 0 spiro atoms. The average molecular weight is 286 g/mol. The van der Waals surface area contributed by atoms with Crippen molar-refractivity contribution in [2.24, 2.45) is 0 Å². The molecule has 1 aliphatic rings. The third-order valence-electron chi connectivity index (χ3n) is 3.41. The second kappa shape index (κ2) is 7.22. The summed E-state index contributed by atoms with van der Waals surface area (Å²) in [6, 6.07) is 3.43. The van der Waals surface area contributed by atoms with E-state index in [1.165, 1.54) is 23.6 Å². The molecule has 2 nitrogen and oxygen atoms in total. The third kappa shape index (κ3) is 4.44. The van der Waals surface area contributed by atoms with E-state index < -0.39 is 5.82 Å².